The molecule has 9 nitrogen and oxygen atoms in total. The molecule has 6 aromatic rings. The van der Waals surface area contributed by atoms with E-state index in [1.165, 1.54) is 16.4 Å². The molecule has 3 aromatic heterocycles. The first-order valence-electron chi connectivity index (χ1n) is 15.0. The number of nitrogens with one attached hydrogen (secondary N) is 1. The zero-order valence-corrected chi connectivity index (χ0v) is 26.8. The van der Waals surface area contributed by atoms with E-state index in [1.54, 1.807) is 36.4 Å². The Morgan fingerprint density at radius 3 is 2.11 bits per heavy atom. The van der Waals surface area contributed by atoms with Gasteiger partial charge in [-0.3, -0.25) is 9.69 Å². The fourth-order valence-electron chi connectivity index (χ4n) is 6.31. The highest BCUT2D eigenvalue weighted by molar-refractivity contribution is 7.91. The lowest BCUT2D eigenvalue weighted by Gasteiger charge is -2.31. The van der Waals surface area contributed by atoms with Crippen LogP contribution in [0, 0.1) is 0 Å². The largest absolute Gasteiger partial charge is 0.320 e. The molecule has 4 heterocycles. The van der Waals surface area contributed by atoms with Crippen molar-refractivity contribution in [2.75, 3.05) is 19.3 Å². The predicted molar refractivity (Wildman–Crippen MR) is 181 cm³/mol. The van der Waals surface area contributed by atoms with Crippen LogP contribution in [0.3, 0.4) is 0 Å². The maximum absolute atomic E-state index is 14.2. The third-order valence-corrected chi connectivity index (χ3v) is 12.2. The first kappa shape index (κ1) is 30.1. The van der Waals surface area contributed by atoms with Gasteiger partial charge in [-0.25, -0.2) is 25.8 Å². The van der Waals surface area contributed by atoms with E-state index in [9.17, 15) is 21.6 Å². The molecule has 0 bridgehead atoms. The number of rotatable bonds is 7. The second-order valence-electron chi connectivity index (χ2n) is 11.8. The topological polar surface area (TPSA) is 122 Å². The fourth-order valence-corrected chi connectivity index (χ4v) is 8.88. The average Bonchev–Trinajstić information content (AvgIpc) is 3.46. The summed E-state index contributed by atoms with van der Waals surface area (Å²) >= 11 is 0. The van der Waals surface area contributed by atoms with Gasteiger partial charge in [0.05, 0.1) is 27.6 Å². The molecular weight excluding hydrogens is 621 g/mol. The number of hydrogen-bond donors (Lipinski definition) is 1. The number of aromatic amines is 1. The third kappa shape index (κ3) is 5.55. The SMILES string of the molecule is CS(=O)(=O)C1CCN(Cc2ccc(-c3cc4c5cc(-c6ccccc6)c(=O)[nH]c5cnc4n3S(=O)(=O)c3ccccc3)cc2)CC1. The molecule has 0 saturated carbocycles. The molecule has 0 spiro atoms. The standard InChI is InChI=1S/C35H32N4O5S2/c1-45(41,42)27-16-18-38(19-17-27)23-24-12-14-26(15-13-24)33-21-31-30-20-29(25-8-4-2-5-9-25)35(40)37-32(30)22-36-34(31)39(33)46(43,44)28-10-6-3-7-11-28/h2-15,20-22,27H,16-19,23H2,1H3,(H,37,40). The number of sulfone groups is 1. The van der Waals surface area contributed by atoms with E-state index >= 15 is 0 Å². The Labute approximate surface area is 267 Å². The Kier molecular flexibility index (Phi) is 7.62. The number of hydrogen-bond acceptors (Lipinski definition) is 7. The van der Waals surface area contributed by atoms with Crippen LogP contribution in [0.25, 0.3) is 44.3 Å². The summed E-state index contributed by atoms with van der Waals surface area (Å²) in [7, 11) is -7.10. The van der Waals surface area contributed by atoms with Crippen molar-refractivity contribution < 1.29 is 16.8 Å². The minimum absolute atomic E-state index is 0.135. The van der Waals surface area contributed by atoms with Crippen LogP contribution in [0.4, 0.5) is 0 Å². The Balaban J connectivity index is 1.33. The Bertz CT molecular complexity index is 2340. The quantitative estimate of drug-likeness (QED) is 0.243. The first-order valence-corrected chi connectivity index (χ1v) is 18.4. The van der Waals surface area contributed by atoms with Gasteiger partial charge >= 0.3 is 0 Å². The van der Waals surface area contributed by atoms with Crippen LogP contribution >= 0.6 is 0 Å². The van der Waals surface area contributed by atoms with Crippen LogP contribution in [-0.2, 0) is 26.4 Å². The molecule has 1 N–H and O–H groups in total. The second kappa shape index (κ2) is 11.7. The highest BCUT2D eigenvalue weighted by Crippen LogP contribution is 2.35. The van der Waals surface area contributed by atoms with Crippen molar-refractivity contribution in [3.63, 3.8) is 0 Å². The van der Waals surface area contributed by atoms with E-state index in [0.29, 0.717) is 65.6 Å². The van der Waals surface area contributed by atoms with Gasteiger partial charge in [0.2, 0.25) is 0 Å². The molecule has 7 rings (SSSR count). The fraction of sp³-hybridized carbons (Fsp3) is 0.200. The molecule has 234 valence electrons. The summed E-state index contributed by atoms with van der Waals surface area (Å²) < 4.78 is 53.7. The molecule has 1 aliphatic rings. The van der Waals surface area contributed by atoms with Crippen molar-refractivity contribution in [1.82, 2.24) is 18.8 Å². The second-order valence-corrected chi connectivity index (χ2v) is 15.9. The van der Waals surface area contributed by atoms with Gasteiger partial charge in [0.25, 0.3) is 15.6 Å². The summed E-state index contributed by atoms with van der Waals surface area (Å²) in [4.78, 5) is 22.9. The van der Waals surface area contributed by atoms with E-state index in [0.717, 1.165) is 11.1 Å². The van der Waals surface area contributed by atoms with Gasteiger partial charge < -0.3 is 4.98 Å². The molecule has 46 heavy (non-hydrogen) atoms. The third-order valence-electron chi connectivity index (χ3n) is 8.77. The van der Waals surface area contributed by atoms with E-state index in [2.05, 4.69) is 14.9 Å². The van der Waals surface area contributed by atoms with Gasteiger partial charge in [-0.2, -0.15) is 0 Å². The molecule has 1 aliphatic heterocycles. The highest BCUT2D eigenvalue weighted by Gasteiger charge is 2.28. The van der Waals surface area contributed by atoms with Crippen LogP contribution < -0.4 is 5.56 Å². The number of pyridine rings is 2. The predicted octanol–water partition coefficient (Wildman–Crippen LogP) is 5.46. The van der Waals surface area contributed by atoms with Crippen molar-refractivity contribution in [3.05, 3.63) is 119 Å². The maximum Gasteiger partial charge on any atom is 0.269 e. The number of fused-ring (bicyclic) bond motifs is 3. The lowest BCUT2D eigenvalue weighted by atomic mass is 10.0. The molecule has 1 fully saturated rings. The van der Waals surface area contributed by atoms with Gasteiger partial charge in [-0.15, -0.1) is 0 Å². The molecule has 0 radical (unpaired) electrons. The molecule has 0 atom stereocenters. The van der Waals surface area contributed by atoms with Crippen LogP contribution in [-0.4, -0.2) is 60.3 Å². The summed E-state index contributed by atoms with van der Waals surface area (Å²) in [6.45, 7) is 2.08. The average molecular weight is 653 g/mol. The van der Waals surface area contributed by atoms with E-state index < -0.39 is 19.9 Å². The summed E-state index contributed by atoms with van der Waals surface area (Å²) in [5.74, 6) is 0. The van der Waals surface area contributed by atoms with Gasteiger partial charge in [0, 0.05) is 29.1 Å². The monoisotopic (exact) mass is 652 g/mol. The van der Waals surface area contributed by atoms with Gasteiger partial charge in [0.1, 0.15) is 9.84 Å². The van der Waals surface area contributed by atoms with Gasteiger partial charge in [0.15, 0.2) is 5.65 Å². The molecule has 0 aliphatic carbocycles. The first-order chi connectivity index (χ1) is 22.1. The van der Waals surface area contributed by atoms with Crippen molar-refractivity contribution >= 4 is 41.8 Å². The zero-order chi connectivity index (χ0) is 32.1. The van der Waals surface area contributed by atoms with Crippen LogP contribution in [0.15, 0.2) is 113 Å². The normalized spacial score (nSPS) is 15.1. The molecule has 1 saturated heterocycles. The van der Waals surface area contributed by atoms with E-state index in [4.69, 9.17) is 0 Å². The lowest BCUT2D eigenvalue weighted by Crippen LogP contribution is -2.38. The van der Waals surface area contributed by atoms with Gasteiger partial charge in [-0.05, 0) is 66.9 Å². The van der Waals surface area contributed by atoms with Gasteiger partial charge in [-0.1, -0.05) is 72.8 Å². The summed E-state index contributed by atoms with van der Waals surface area (Å²) in [5, 5.41) is 0.991. The van der Waals surface area contributed by atoms with Crippen LogP contribution in [0.1, 0.15) is 18.4 Å². The van der Waals surface area contributed by atoms with Crippen molar-refractivity contribution in [1.29, 1.82) is 0 Å². The molecule has 0 amide bonds. The van der Waals surface area contributed by atoms with E-state index in [-0.39, 0.29) is 21.4 Å². The molecular formula is C35H32N4O5S2. The van der Waals surface area contributed by atoms with Crippen LogP contribution in [0.5, 0.6) is 0 Å². The number of benzene rings is 3. The Hall–Kier alpha value is -4.58. The summed E-state index contributed by atoms with van der Waals surface area (Å²) in [6.07, 6.45) is 4.05. The Morgan fingerprint density at radius 1 is 0.804 bits per heavy atom. The number of piperidine rings is 1. The zero-order valence-electron chi connectivity index (χ0n) is 25.1. The minimum Gasteiger partial charge on any atom is -0.320 e. The van der Waals surface area contributed by atoms with Crippen molar-refractivity contribution in [2.45, 2.75) is 29.5 Å². The summed E-state index contributed by atoms with van der Waals surface area (Å²) in [5.41, 5.74) is 3.93. The minimum atomic E-state index is -4.07. The van der Waals surface area contributed by atoms with Crippen LogP contribution in [0.2, 0.25) is 0 Å². The Morgan fingerprint density at radius 2 is 1.46 bits per heavy atom. The van der Waals surface area contributed by atoms with E-state index in [1.807, 2.05) is 60.7 Å². The molecule has 0 unspecified atom stereocenters. The molecule has 11 heteroatoms. The lowest BCUT2D eigenvalue weighted by molar-refractivity contribution is 0.222. The number of likely N-dealkylation sites (tertiary alicyclic amines) is 1. The number of H-pyrrole nitrogens is 1. The number of aromatic nitrogens is 3. The summed E-state index contributed by atoms with van der Waals surface area (Å²) in [6, 6.07) is 29.0. The van der Waals surface area contributed by atoms with Crippen molar-refractivity contribution in [2.24, 2.45) is 0 Å². The smallest absolute Gasteiger partial charge is 0.269 e. The molecule has 3 aromatic carbocycles. The number of nitrogens with zero attached hydrogens (tertiary/aromatic N) is 3. The highest BCUT2D eigenvalue weighted by atomic mass is 32.2. The van der Waals surface area contributed by atoms with Crippen molar-refractivity contribution in [3.8, 4) is 22.4 Å². The maximum atomic E-state index is 14.2.